The number of fused-ring (bicyclic) bond motifs is 1. The third kappa shape index (κ3) is 7.73. The molecular formula is C31H43N5O7. The van der Waals surface area contributed by atoms with Gasteiger partial charge in [0.15, 0.2) is 12.2 Å². The summed E-state index contributed by atoms with van der Waals surface area (Å²) in [5.74, 6) is -2.26. The van der Waals surface area contributed by atoms with Crippen LogP contribution >= 0.6 is 0 Å². The van der Waals surface area contributed by atoms with Crippen LogP contribution in [0.3, 0.4) is 0 Å². The Bertz CT molecular complexity index is 1250. The summed E-state index contributed by atoms with van der Waals surface area (Å²) < 4.78 is 10.8. The zero-order valence-electron chi connectivity index (χ0n) is 25.4. The van der Waals surface area contributed by atoms with Crippen molar-refractivity contribution < 1.29 is 33.4 Å². The Kier molecular flexibility index (Phi) is 10.8. The molecule has 3 N–H and O–H groups in total. The maximum absolute atomic E-state index is 13.6. The molecule has 12 heteroatoms. The van der Waals surface area contributed by atoms with Crippen LogP contribution < -0.4 is 16.0 Å². The van der Waals surface area contributed by atoms with Crippen molar-refractivity contribution in [3.8, 4) is 0 Å². The fraction of sp³-hybridized carbons (Fsp3) is 0.581. The number of likely N-dealkylation sites (N-methyl/N-ethyl adjacent to an activating group) is 1. The van der Waals surface area contributed by atoms with Crippen LogP contribution in [-0.4, -0.2) is 97.0 Å². The first kappa shape index (κ1) is 32.0. The SMILES string of the molecule is CCCNC(=O)[C@H]1OC1C(=O)N[C@H](C(=O)N1CCC[C@H]1C(=O)OCCNC(=O)C1=Cc2ccccc2CN1C)[C@@H](C)CC. The zero-order valence-corrected chi connectivity index (χ0v) is 25.4. The molecule has 1 aromatic rings. The van der Waals surface area contributed by atoms with Gasteiger partial charge in [0.25, 0.3) is 17.7 Å². The van der Waals surface area contributed by atoms with Crippen molar-refractivity contribution in [2.75, 3.05) is 33.3 Å². The average molecular weight is 598 g/mol. The molecular weight excluding hydrogens is 554 g/mol. The molecule has 0 radical (unpaired) electrons. The van der Waals surface area contributed by atoms with E-state index >= 15 is 0 Å². The van der Waals surface area contributed by atoms with E-state index in [1.54, 1.807) is 0 Å². The fourth-order valence-electron chi connectivity index (χ4n) is 5.39. The normalized spacial score (nSPS) is 22.0. The molecule has 2 saturated heterocycles. The van der Waals surface area contributed by atoms with E-state index in [-0.39, 0.29) is 36.8 Å². The van der Waals surface area contributed by atoms with Crippen molar-refractivity contribution in [3.63, 3.8) is 0 Å². The molecule has 2 fully saturated rings. The summed E-state index contributed by atoms with van der Waals surface area (Å²) in [4.78, 5) is 67.8. The monoisotopic (exact) mass is 597 g/mol. The average Bonchev–Trinajstić information content (AvgIpc) is 3.67. The lowest BCUT2D eigenvalue weighted by Crippen LogP contribution is -2.55. The number of carbonyl (C=O) groups is 5. The van der Waals surface area contributed by atoms with E-state index in [1.165, 1.54) is 4.90 Å². The van der Waals surface area contributed by atoms with Crippen LogP contribution in [0, 0.1) is 5.92 Å². The molecule has 3 aliphatic rings. The molecule has 4 rings (SSSR count). The van der Waals surface area contributed by atoms with Crippen LogP contribution in [0.2, 0.25) is 0 Å². The standard InChI is InChI=1S/C31H43N5O7/c1-5-13-32-28(38)25-26(43-25)29(39)34-24(19(3)6-2)30(40)36-15-9-12-22(36)31(41)42-16-14-33-27(37)23-17-20-10-7-8-11-21(20)18-35(23)4/h7-8,10-11,17,19,22,24-26H,5-6,9,12-16,18H2,1-4H3,(H,32,38)(H,33,37)(H,34,39)/t19-,22-,24-,25-,26?/m0/s1. The lowest BCUT2D eigenvalue weighted by atomic mass is 9.97. The van der Waals surface area contributed by atoms with Crippen LogP contribution in [0.15, 0.2) is 30.0 Å². The smallest absolute Gasteiger partial charge is 0.328 e. The van der Waals surface area contributed by atoms with E-state index in [0.29, 0.717) is 44.6 Å². The summed E-state index contributed by atoms with van der Waals surface area (Å²) in [5.41, 5.74) is 2.67. The molecule has 5 atom stereocenters. The molecule has 3 heterocycles. The van der Waals surface area contributed by atoms with E-state index in [4.69, 9.17) is 9.47 Å². The first-order chi connectivity index (χ1) is 20.7. The zero-order chi connectivity index (χ0) is 31.1. The van der Waals surface area contributed by atoms with Gasteiger partial charge in [-0.1, -0.05) is 51.5 Å². The highest BCUT2D eigenvalue weighted by atomic mass is 16.6. The molecule has 12 nitrogen and oxygen atoms in total. The van der Waals surface area contributed by atoms with Crippen molar-refractivity contribution in [1.82, 2.24) is 25.8 Å². The number of hydrogen-bond donors (Lipinski definition) is 3. The molecule has 0 saturated carbocycles. The Morgan fingerprint density at radius 3 is 2.53 bits per heavy atom. The van der Waals surface area contributed by atoms with Gasteiger partial charge in [-0.3, -0.25) is 19.2 Å². The van der Waals surface area contributed by atoms with Gasteiger partial charge in [0, 0.05) is 26.7 Å². The summed E-state index contributed by atoms with van der Waals surface area (Å²) >= 11 is 0. The summed E-state index contributed by atoms with van der Waals surface area (Å²) in [6.45, 7) is 7.25. The number of amides is 4. The number of ether oxygens (including phenoxy) is 2. The molecule has 43 heavy (non-hydrogen) atoms. The third-order valence-corrected chi connectivity index (χ3v) is 8.17. The molecule has 0 aromatic heterocycles. The molecule has 1 unspecified atom stereocenters. The topological polar surface area (TPSA) is 150 Å². The van der Waals surface area contributed by atoms with Gasteiger partial charge in [-0.15, -0.1) is 0 Å². The van der Waals surface area contributed by atoms with E-state index in [0.717, 1.165) is 17.5 Å². The van der Waals surface area contributed by atoms with E-state index in [9.17, 15) is 24.0 Å². The molecule has 0 spiro atoms. The number of benzene rings is 1. The molecule has 234 valence electrons. The van der Waals surface area contributed by atoms with Crippen molar-refractivity contribution in [2.45, 2.75) is 77.3 Å². The molecule has 0 bridgehead atoms. The molecule has 3 aliphatic heterocycles. The quantitative estimate of drug-likeness (QED) is 0.173. The highest BCUT2D eigenvalue weighted by Gasteiger charge is 2.51. The van der Waals surface area contributed by atoms with Gasteiger partial charge in [-0.2, -0.15) is 0 Å². The van der Waals surface area contributed by atoms with Gasteiger partial charge in [0.05, 0.1) is 6.54 Å². The van der Waals surface area contributed by atoms with Gasteiger partial charge < -0.3 is 35.2 Å². The van der Waals surface area contributed by atoms with Crippen molar-refractivity contribution in [2.24, 2.45) is 5.92 Å². The van der Waals surface area contributed by atoms with Crippen LogP contribution in [-0.2, 0) is 40.0 Å². The number of likely N-dealkylation sites (tertiary alicyclic amines) is 1. The van der Waals surface area contributed by atoms with Gasteiger partial charge in [-0.25, -0.2) is 4.79 Å². The Hall–Kier alpha value is -3.93. The van der Waals surface area contributed by atoms with Gasteiger partial charge in [0.1, 0.15) is 24.4 Å². The summed E-state index contributed by atoms with van der Waals surface area (Å²) in [5, 5.41) is 8.27. The van der Waals surface area contributed by atoms with Crippen LogP contribution in [0.4, 0.5) is 0 Å². The molecule has 4 amide bonds. The minimum Gasteiger partial charge on any atom is -0.462 e. The van der Waals surface area contributed by atoms with Crippen molar-refractivity contribution in [1.29, 1.82) is 0 Å². The van der Waals surface area contributed by atoms with Crippen molar-refractivity contribution in [3.05, 3.63) is 41.1 Å². The first-order valence-electron chi connectivity index (χ1n) is 15.2. The summed E-state index contributed by atoms with van der Waals surface area (Å²) in [7, 11) is 1.85. The second kappa shape index (κ2) is 14.5. The Morgan fingerprint density at radius 1 is 1.05 bits per heavy atom. The lowest BCUT2D eigenvalue weighted by molar-refractivity contribution is -0.154. The predicted octanol–water partition coefficient (Wildman–Crippen LogP) is 0.948. The van der Waals surface area contributed by atoms with E-state index in [2.05, 4.69) is 16.0 Å². The Balaban J connectivity index is 1.28. The van der Waals surface area contributed by atoms with Crippen LogP contribution in [0.5, 0.6) is 0 Å². The van der Waals surface area contributed by atoms with E-state index < -0.39 is 36.2 Å². The van der Waals surface area contributed by atoms with Crippen LogP contribution in [0.1, 0.15) is 57.6 Å². The minimum atomic E-state index is -0.940. The van der Waals surface area contributed by atoms with Gasteiger partial charge >= 0.3 is 5.97 Å². The highest BCUT2D eigenvalue weighted by molar-refractivity contribution is 5.98. The second-order valence-corrected chi connectivity index (χ2v) is 11.3. The maximum Gasteiger partial charge on any atom is 0.328 e. The predicted molar refractivity (Wildman–Crippen MR) is 158 cm³/mol. The molecule has 0 aliphatic carbocycles. The largest absolute Gasteiger partial charge is 0.462 e. The number of rotatable bonds is 13. The maximum atomic E-state index is 13.6. The number of hydrogen-bond acceptors (Lipinski definition) is 8. The Labute approximate surface area is 252 Å². The highest BCUT2D eigenvalue weighted by Crippen LogP contribution is 2.26. The second-order valence-electron chi connectivity index (χ2n) is 11.3. The van der Waals surface area contributed by atoms with Crippen LogP contribution in [0.25, 0.3) is 6.08 Å². The van der Waals surface area contributed by atoms with Gasteiger partial charge in [0.2, 0.25) is 5.91 Å². The molecule has 1 aromatic carbocycles. The third-order valence-electron chi connectivity index (χ3n) is 8.17. The van der Waals surface area contributed by atoms with Gasteiger partial charge in [-0.05, 0) is 42.4 Å². The number of nitrogens with zero attached hydrogens (tertiary/aromatic N) is 2. The number of esters is 1. The van der Waals surface area contributed by atoms with E-state index in [1.807, 2.05) is 63.1 Å². The summed E-state index contributed by atoms with van der Waals surface area (Å²) in [6, 6.07) is 6.23. The number of nitrogens with one attached hydrogen (secondary N) is 3. The first-order valence-corrected chi connectivity index (χ1v) is 15.2. The Morgan fingerprint density at radius 2 is 1.79 bits per heavy atom. The minimum absolute atomic E-state index is 0.0390. The lowest BCUT2D eigenvalue weighted by Gasteiger charge is -2.31. The number of epoxide rings is 1. The number of carbonyl (C=O) groups excluding carboxylic acids is 5. The summed E-state index contributed by atoms with van der Waals surface area (Å²) in [6.07, 6.45) is 2.48. The van der Waals surface area contributed by atoms with Crippen molar-refractivity contribution >= 4 is 35.7 Å². The fourth-order valence-corrected chi connectivity index (χ4v) is 5.39.